The Morgan fingerprint density at radius 1 is 1.03 bits per heavy atom. The molecule has 0 radical (unpaired) electrons. The van der Waals surface area contributed by atoms with Crippen molar-refractivity contribution in [1.29, 1.82) is 0 Å². The minimum Gasteiger partial charge on any atom is -0.465 e. The molecule has 2 amide bonds. The summed E-state index contributed by atoms with van der Waals surface area (Å²) in [7, 11) is 1.36. The molecule has 38 heavy (non-hydrogen) atoms. The summed E-state index contributed by atoms with van der Waals surface area (Å²) in [6.07, 6.45) is 4.64. The van der Waals surface area contributed by atoms with Gasteiger partial charge in [-0.05, 0) is 48.7 Å². The second-order valence-corrected chi connectivity index (χ2v) is 10.2. The summed E-state index contributed by atoms with van der Waals surface area (Å²) in [5.74, 6) is -0.980. The fourth-order valence-electron chi connectivity index (χ4n) is 5.78. The van der Waals surface area contributed by atoms with E-state index in [-0.39, 0.29) is 18.4 Å². The van der Waals surface area contributed by atoms with Crippen molar-refractivity contribution in [1.82, 2.24) is 14.9 Å². The number of anilines is 1. The number of fused-ring (bicyclic) bond motifs is 2. The molecule has 0 spiro atoms. The molecule has 2 aliphatic heterocycles. The van der Waals surface area contributed by atoms with Gasteiger partial charge in [0.1, 0.15) is 11.2 Å². The number of H-pyrrole nitrogens is 1. The molecule has 1 fully saturated rings. The van der Waals surface area contributed by atoms with Gasteiger partial charge in [-0.15, -0.1) is 0 Å². The molecule has 0 aliphatic carbocycles. The molecule has 0 atom stereocenters. The van der Waals surface area contributed by atoms with Crippen molar-refractivity contribution in [2.24, 2.45) is 0 Å². The van der Waals surface area contributed by atoms with Crippen LogP contribution < -0.4 is 4.90 Å². The number of pyridine rings is 1. The van der Waals surface area contributed by atoms with E-state index in [1.807, 2.05) is 30.3 Å². The number of hydrogen-bond acceptors (Lipinski definition) is 6. The second kappa shape index (κ2) is 9.29. The predicted octanol–water partition coefficient (Wildman–Crippen LogP) is 4.84. The van der Waals surface area contributed by atoms with Gasteiger partial charge in [0.25, 0.3) is 11.8 Å². The lowest BCUT2D eigenvalue weighted by atomic mass is 9.72. The monoisotopic (exact) mass is 528 g/mol. The molecule has 1 N–H and O–H groups in total. The van der Waals surface area contributed by atoms with Crippen molar-refractivity contribution in [3.8, 4) is 0 Å². The summed E-state index contributed by atoms with van der Waals surface area (Å²) in [6, 6.07) is 16.5. The number of benzene rings is 2. The molecule has 8 nitrogen and oxygen atoms in total. The van der Waals surface area contributed by atoms with Gasteiger partial charge >= 0.3 is 5.97 Å². The van der Waals surface area contributed by atoms with Gasteiger partial charge in [0.05, 0.1) is 23.9 Å². The molecular weight excluding hydrogens is 504 g/mol. The summed E-state index contributed by atoms with van der Waals surface area (Å²) >= 11 is 6.20. The van der Waals surface area contributed by atoms with Gasteiger partial charge < -0.3 is 14.6 Å². The van der Waals surface area contributed by atoms with Crippen molar-refractivity contribution in [2.75, 3.05) is 31.6 Å². The zero-order chi connectivity index (χ0) is 26.4. The maximum absolute atomic E-state index is 13.3. The number of halogens is 1. The number of nitrogens with one attached hydrogen (secondary N) is 1. The van der Waals surface area contributed by atoms with Crippen molar-refractivity contribution < 1.29 is 19.1 Å². The fourth-order valence-corrected chi connectivity index (χ4v) is 5.91. The molecular formula is C29H25ClN4O4. The highest BCUT2D eigenvalue weighted by Crippen LogP contribution is 2.41. The van der Waals surface area contributed by atoms with E-state index in [1.54, 1.807) is 36.7 Å². The number of aromatic nitrogens is 2. The van der Waals surface area contributed by atoms with Crippen LogP contribution in [0.5, 0.6) is 0 Å². The molecule has 0 bridgehead atoms. The number of piperidine rings is 1. The fraction of sp³-hybridized carbons (Fsp3) is 0.241. The summed E-state index contributed by atoms with van der Waals surface area (Å²) in [5, 5.41) is 1.46. The first-order valence-electron chi connectivity index (χ1n) is 12.4. The van der Waals surface area contributed by atoms with Gasteiger partial charge in [-0.2, -0.15) is 0 Å². The van der Waals surface area contributed by atoms with E-state index in [2.05, 4.69) is 14.9 Å². The Hall–Kier alpha value is -4.17. The third-order valence-electron chi connectivity index (χ3n) is 7.80. The number of imide groups is 1. The number of amides is 2. The maximum Gasteiger partial charge on any atom is 0.341 e. The van der Waals surface area contributed by atoms with Crippen molar-refractivity contribution in [2.45, 2.75) is 18.3 Å². The van der Waals surface area contributed by atoms with Crippen LogP contribution in [-0.4, -0.2) is 59.4 Å². The van der Waals surface area contributed by atoms with Gasteiger partial charge in [-0.1, -0.05) is 35.9 Å². The Morgan fingerprint density at radius 3 is 2.32 bits per heavy atom. The average molecular weight is 529 g/mol. The van der Waals surface area contributed by atoms with Crippen molar-refractivity contribution >= 4 is 46.1 Å². The quantitative estimate of drug-likeness (QED) is 0.294. The van der Waals surface area contributed by atoms with E-state index in [0.29, 0.717) is 53.3 Å². The van der Waals surface area contributed by atoms with Crippen molar-refractivity contribution in [3.63, 3.8) is 0 Å². The zero-order valence-electron chi connectivity index (χ0n) is 20.7. The maximum atomic E-state index is 13.3. The number of nitrogens with zero attached hydrogens (tertiary/aromatic N) is 3. The third kappa shape index (κ3) is 3.83. The molecule has 2 aliphatic rings. The lowest BCUT2D eigenvalue weighted by Crippen LogP contribution is -2.50. The number of hydrogen-bond donors (Lipinski definition) is 1. The molecule has 4 aromatic rings. The van der Waals surface area contributed by atoms with Crippen LogP contribution >= 0.6 is 11.6 Å². The number of aromatic amines is 1. The van der Waals surface area contributed by atoms with Gasteiger partial charge in [-0.3, -0.25) is 14.5 Å². The van der Waals surface area contributed by atoms with Gasteiger partial charge in [0.2, 0.25) is 0 Å². The van der Waals surface area contributed by atoms with Crippen LogP contribution in [0.15, 0.2) is 67.0 Å². The van der Waals surface area contributed by atoms with Gasteiger partial charge in [0, 0.05) is 47.9 Å². The lowest BCUT2D eigenvalue weighted by Gasteiger charge is -2.45. The normalized spacial score (nSPS) is 16.7. The Kier molecular flexibility index (Phi) is 5.91. The highest BCUT2D eigenvalue weighted by molar-refractivity contribution is 6.30. The minimum atomic E-state index is -0.482. The average Bonchev–Trinajstić information content (AvgIpc) is 3.52. The predicted molar refractivity (Wildman–Crippen MR) is 144 cm³/mol. The van der Waals surface area contributed by atoms with Gasteiger partial charge in [0.15, 0.2) is 0 Å². The highest BCUT2D eigenvalue weighted by atomic mass is 35.5. The molecule has 2 aromatic heterocycles. The van der Waals surface area contributed by atoms with E-state index in [9.17, 15) is 14.4 Å². The summed E-state index contributed by atoms with van der Waals surface area (Å²) in [5.41, 5.74) is 3.28. The number of esters is 1. The Balaban J connectivity index is 1.36. The number of carbonyl (C=O) groups is 3. The van der Waals surface area contributed by atoms with E-state index < -0.39 is 11.4 Å². The first-order valence-corrected chi connectivity index (χ1v) is 12.8. The van der Waals surface area contributed by atoms with Crippen LogP contribution in [0.3, 0.4) is 0 Å². The summed E-state index contributed by atoms with van der Waals surface area (Å²) < 4.78 is 5.05. The molecule has 9 heteroatoms. The lowest BCUT2D eigenvalue weighted by molar-refractivity contribution is 0.0585. The molecule has 4 heterocycles. The molecule has 0 unspecified atom stereocenters. The molecule has 6 rings (SSSR count). The summed E-state index contributed by atoms with van der Waals surface area (Å²) in [6.45, 7) is 1.45. The van der Waals surface area contributed by atoms with Crippen LogP contribution in [0.25, 0.3) is 11.0 Å². The van der Waals surface area contributed by atoms with E-state index >= 15 is 0 Å². The molecule has 2 aromatic carbocycles. The van der Waals surface area contributed by atoms with Crippen LogP contribution in [0.1, 0.15) is 49.5 Å². The number of methoxy groups -OCH3 is 1. The first-order chi connectivity index (χ1) is 18.4. The highest BCUT2D eigenvalue weighted by Gasteiger charge is 2.44. The van der Waals surface area contributed by atoms with Crippen LogP contribution in [0.2, 0.25) is 5.02 Å². The minimum absolute atomic E-state index is 0.259. The molecule has 1 saturated heterocycles. The summed E-state index contributed by atoms with van der Waals surface area (Å²) in [4.78, 5) is 50.2. The van der Waals surface area contributed by atoms with Gasteiger partial charge in [-0.25, -0.2) is 9.78 Å². The zero-order valence-corrected chi connectivity index (χ0v) is 21.5. The van der Waals surface area contributed by atoms with Crippen molar-refractivity contribution in [3.05, 3.63) is 94.3 Å². The van der Waals surface area contributed by atoms with Crippen LogP contribution in [0, 0.1) is 0 Å². The second-order valence-electron chi connectivity index (χ2n) is 9.77. The topological polar surface area (TPSA) is 95.6 Å². The SMILES string of the molecule is COC(=O)c1cnc2[nH]ccc2c1N1CCC(CN2C(=O)c3ccccc3C2=O)(c2ccc(Cl)cc2)CC1. The van der Waals surface area contributed by atoms with E-state index in [0.717, 1.165) is 16.6 Å². The number of ether oxygens (including phenoxy) is 1. The number of carbonyl (C=O) groups excluding carboxylic acids is 3. The van der Waals surface area contributed by atoms with Crippen LogP contribution in [0.4, 0.5) is 5.69 Å². The van der Waals surface area contributed by atoms with Crippen LogP contribution in [-0.2, 0) is 10.2 Å². The van der Waals surface area contributed by atoms with E-state index in [4.69, 9.17) is 16.3 Å². The van der Waals surface area contributed by atoms with E-state index in [1.165, 1.54) is 12.0 Å². The largest absolute Gasteiger partial charge is 0.465 e. The Labute approximate surface area is 224 Å². The molecule has 192 valence electrons. The Bertz CT molecular complexity index is 1540. The Morgan fingerprint density at radius 2 is 1.68 bits per heavy atom. The standard InChI is InChI=1S/C29H25ClN4O4/c1-38-28(37)23-16-32-25-22(10-13-31-25)24(23)33-14-11-29(12-15-33,18-6-8-19(30)9-7-18)17-34-26(35)20-4-2-3-5-21(20)27(34)36/h2-10,13,16H,11-12,14-15,17H2,1H3,(H,31,32). The first kappa shape index (κ1) is 24.2. The number of rotatable bonds is 5. The molecule has 0 saturated carbocycles. The third-order valence-corrected chi connectivity index (χ3v) is 8.05. The smallest absolute Gasteiger partial charge is 0.341 e.